The molecule has 0 aliphatic carbocycles. The van der Waals surface area contributed by atoms with Gasteiger partial charge in [-0.1, -0.05) is 42.5 Å². The van der Waals surface area contributed by atoms with Crippen LogP contribution in [0, 0.1) is 0 Å². The molecule has 4 rings (SSSR count). The Hall–Kier alpha value is -3.46. The lowest BCUT2D eigenvalue weighted by molar-refractivity contribution is -0.137. The van der Waals surface area contributed by atoms with Crippen molar-refractivity contribution in [2.75, 3.05) is 12.0 Å². The number of hydrazone groups is 1. The molecule has 1 aliphatic heterocycles. The fourth-order valence-electron chi connectivity index (χ4n) is 3.47. The summed E-state index contributed by atoms with van der Waals surface area (Å²) in [4.78, 5) is 21.8. The van der Waals surface area contributed by atoms with E-state index in [9.17, 15) is 18.0 Å². The standard InChI is InChI=1S/C22H20F3N5O/c23-22(24,25)17-8-4-7-16(11-17)12-26-29-21-27-19-9-10-30(14-18(19)20(31)28-21)13-15-5-2-1-3-6-15/h1-8,11-12H,9-10,13-14H2,(H2,27,28,29,31)/b26-12-. The zero-order chi connectivity index (χ0) is 21.8. The Labute approximate surface area is 176 Å². The van der Waals surface area contributed by atoms with E-state index in [-0.39, 0.29) is 17.1 Å². The van der Waals surface area contributed by atoms with Gasteiger partial charge in [0.1, 0.15) is 0 Å². The number of anilines is 1. The van der Waals surface area contributed by atoms with E-state index in [2.05, 4.69) is 25.4 Å². The average Bonchev–Trinajstić information content (AvgIpc) is 2.75. The quantitative estimate of drug-likeness (QED) is 0.480. The van der Waals surface area contributed by atoms with Gasteiger partial charge in [-0.15, -0.1) is 0 Å². The number of nitrogens with one attached hydrogen (secondary N) is 2. The number of aromatic amines is 1. The van der Waals surface area contributed by atoms with Crippen LogP contribution in [0.5, 0.6) is 0 Å². The van der Waals surface area contributed by atoms with Gasteiger partial charge in [0.2, 0.25) is 5.95 Å². The molecule has 6 nitrogen and oxygen atoms in total. The van der Waals surface area contributed by atoms with Crippen LogP contribution in [0.1, 0.15) is 27.9 Å². The van der Waals surface area contributed by atoms with E-state index >= 15 is 0 Å². The van der Waals surface area contributed by atoms with Gasteiger partial charge in [0, 0.05) is 26.1 Å². The van der Waals surface area contributed by atoms with Crippen LogP contribution in [0.2, 0.25) is 0 Å². The van der Waals surface area contributed by atoms with Crippen LogP contribution in [0.25, 0.3) is 0 Å². The summed E-state index contributed by atoms with van der Waals surface area (Å²) in [6, 6.07) is 14.8. The smallest absolute Gasteiger partial charge is 0.294 e. The number of benzene rings is 2. The minimum atomic E-state index is -4.42. The van der Waals surface area contributed by atoms with Crippen molar-refractivity contribution in [1.82, 2.24) is 14.9 Å². The van der Waals surface area contributed by atoms with Crippen LogP contribution in [-0.4, -0.2) is 27.6 Å². The molecule has 0 atom stereocenters. The Morgan fingerprint density at radius 2 is 1.97 bits per heavy atom. The second kappa shape index (κ2) is 8.73. The fourth-order valence-corrected chi connectivity index (χ4v) is 3.47. The molecule has 2 N–H and O–H groups in total. The van der Waals surface area contributed by atoms with Crippen LogP contribution in [0.15, 0.2) is 64.5 Å². The molecular formula is C22H20F3N5O. The molecule has 0 fully saturated rings. The first-order valence-electron chi connectivity index (χ1n) is 9.73. The van der Waals surface area contributed by atoms with Crippen LogP contribution in [0.4, 0.5) is 19.1 Å². The highest BCUT2D eigenvalue weighted by Gasteiger charge is 2.30. The topological polar surface area (TPSA) is 73.4 Å². The number of halogens is 3. The number of alkyl halides is 3. The van der Waals surface area contributed by atoms with Gasteiger partial charge in [-0.25, -0.2) is 10.4 Å². The predicted octanol–water partition coefficient (Wildman–Crippen LogP) is 3.79. The Bertz CT molecular complexity index is 1140. The first-order chi connectivity index (χ1) is 14.9. The number of hydrogen-bond donors (Lipinski definition) is 2. The third kappa shape index (κ3) is 5.18. The third-order valence-corrected chi connectivity index (χ3v) is 4.99. The number of H-pyrrole nitrogens is 1. The highest BCUT2D eigenvalue weighted by molar-refractivity contribution is 5.80. The van der Waals surface area contributed by atoms with E-state index < -0.39 is 11.7 Å². The average molecular weight is 427 g/mol. The molecule has 0 radical (unpaired) electrons. The molecule has 2 heterocycles. The van der Waals surface area contributed by atoms with Crippen molar-refractivity contribution in [2.45, 2.75) is 25.7 Å². The summed E-state index contributed by atoms with van der Waals surface area (Å²) in [6.45, 7) is 2.02. The van der Waals surface area contributed by atoms with Crippen LogP contribution in [-0.2, 0) is 25.7 Å². The van der Waals surface area contributed by atoms with Crippen molar-refractivity contribution >= 4 is 12.2 Å². The molecule has 1 aromatic heterocycles. The molecule has 0 bridgehead atoms. The highest BCUT2D eigenvalue weighted by Crippen LogP contribution is 2.29. The monoisotopic (exact) mass is 427 g/mol. The van der Waals surface area contributed by atoms with Crippen molar-refractivity contribution in [1.29, 1.82) is 0 Å². The maximum Gasteiger partial charge on any atom is 0.416 e. The van der Waals surface area contributed by atoms with E-state index in [1.807, 2.05) is 30.3 Å². The number of rotatable bonds is 5. The van der Waals surface area contributed by atoms with Gasteiger partial charge in [-0.05, 0) is 23.3 Å². The van der Waals surface area contributed by atoms with Crippen molar-refractivity contribution in [3.63, 3.8) is 0 Å². The summed E-state index contributed by atoms with van der Waals surface area (Å²) in [6.07, 6.45) is -2.55. The second-order valence-corrected chi connectivity index (χ2v) is 7.28. The third-order valence-electron chi connectivity index (χ3n) is 4.99. The summed E-state index contributed by atoms with van der Waals surface area (Å²) in [5.74, 6) is 0.156. The number of hydrogen-bond acceptors (Lipinski definition) is 5. The molecule has 0 amide bonds. The Morgan fingerprint density at radius 1 is 1.16 bits per heavy atom. The predicted molar refractivity (Wildman–Crippen MR) is 112 cm³/mol. The van der Waals surface area contributed by atoms with E-state index in [0.717, 1.165) is 25.2 Å². The SMILES string of the molecule is O=c1[nH]c(N/N=C\c2cccc(C(F)(F)F)c2)nc2c1CN(Cc1ccccc1)CC2. The zero-order valence-corrected chi connectivity index (χ0v) is 16.5. The van der Waals surface area contributed by atoms with Crippen molar-refractivity contribution in [2.24, 2.45) is 5.10 Å². The molecule has 31 heavy (non-hydrogen) atoms. The lowest BCUT2D eigenvalue weighted by Gasteiger charge is -2.27. The van der Waals surface area contributed by atoms with Crippen molar-refractivity contribution in [3.05, 3.63) is 92.9 Å². The van der Waals surface area contributed by atoms with E-state index in [1.165, 1.54) is 23.9 Å². The molecule has 0 saturated heterocycles. The Kier molecular flexibility index (Phi) is 5.85. The van der Waals surface area contributed by atoms with E-state index in [1.54, 1.807) is 0 Å². The maximum absolute atomic E-state index is 12.8. The lowest BCUT2D eigenvalue weighted by atomic mass is 10.1. The molecule has 160 valence electrons. The summed E-state index contributed by atoms with van der Waals surface area (Å²) >= 11 is 0. The summed E-state index contributed by atoms with van der Waals surface area (Å²) < 4.78 is 38.4. The first kappa shape index (κ1) is 20.8. The van der Waals surface area contributed by atoms with Gasteiger partial charge in [-0.3, -0.25) is 14.7 Å². The van der Waals surface area contributed by atoms with Gasteiger partial charge in [0.05, 0.1) is 23.0 Å². The lowest BCUT2D eigenvalue weighted by Crippen LogP contribution is -2.35. The Balaban J connectivity index is 1.43. The van der Waals surface area contributed by atoms with Crippen LogP contribution >= 0.6 is 0 Å². The summed E-state index contributed by atoms with van der Waals surface area (Å²) in [7, 11) is 0. The Morgan fingerprint density at radius 3 is 2.74 bits per heavy atom. The first-order valence-corrected chi connectivity index (χ1v) is 9.73. The van der Waals surface area contributed by atoms with Crippen LogP contribution < -0.4 is 11.0 Å². The normalized spacial score (nSPS) is 14.5. The fraction of sp³-hybridized carbons (Fsp3) is 0.227. The largest absolute Gasteiger partial charge is 0.416 e. The van der Waals surface area contributed by atoms with Crippen LogP contribution in [0.3, 0.4) is 0 Å². The van der Waals surface area contributed by atoms with Gasteiger partial charge < -0.3 is 0 Å². The molecule has 0 spiro atoms. The molecule has 9 heteroatoms. The van der Waals surface area contributed by atoms with Crippen molar-refractivity contribution < 1.29 is 13.2 Å². The molecule has 1 aliphatic rings. The molecule has 2 aromatic carbocycles. The van der Waals surface area contributed by atoms with E-state index in [4.69, 9.17) is 0 Å². The second-order valence-electron chi connectivity index (χ2n) is 7.28. The zero-order valence-electron chi connectivity index (χ0n) is 16.5. The van der Waals surface area contributed by atoms with Gasteiger partial charge in [-0.2, -0.15) is 18.3 Å². The van der Waals surface area contributed by atoms with E-state index in [0.29, 0.717) is 24.2 Å². The molecule has 3 aromatic rings. The minimum Gasteiger partial charge on any atom is -0.294 e. The summed E-state index contributed by atoms with van der Waals surface area (Å²) in [5, 5.41) is 3.91. The maximum atomic E-state index is 12.8. The number of nitrogens with zero attached hydrogens (tertiary/aromatic N) is 3. The van der Waals surface area contributed by atoms with Gasteiger partial charge in [0.25, 0.3) is 5.56 Å². The molecule has 0 saturated carbocycles. The molecule has 0 unspecified atom stereocenters. The van der Waals surface area contributed by atoms with Gasteiger partial charge in [0.15, 0.2) is 0 Å². The van der Waals surface area contributed by atoms with Crippen molar-refractivity contribution in [3.8, 4) is 0 Å². The number of fused-ring (bicyclic) bond motifs is 1. The summed E-state index contributed by atoms with van der Waals surface area (Å²) in [5.41, 5.74) is 4.37. The molecular weight excluding hydrogens is 407 g/mol. The number of aromatic nitrogens is 2. The van der Waals surface area contributed by atoms with Gasteiger partial charge >= 0.3 is 6.18 Å². The minimum absolute atomic E-state index is 0.156. The highest BCUT2D eigenvalue weighted by atomic mass is 19.4.